The van der Waals surface area contributed by atoms with Crippen LogP contribution in [0.15, 0.2) is 10.4 Å². The normalized spacial score (nSPS) is 18.6. The van der Waals surface area contributed by atoms with Crippen LogP contribution >= 0.6 is 35.3 Å². The molecule has 2 heterocycles. The summed E-state index contributed by atoms with van der Waals surface area (Å²) in [5.41, 5.74) is -0.809. The molecule has 1 atom stereocenters. The van der Waals surface area contributed by atoms with Crippen LogP contribution in [0.3, 0.4) is 0 Å². The SMILES string of the molecule is CCNC(=NCC1CCCN(CC(C)C)C1)NCCc1nc(C(F)(F)F)cs1.I. The fourth-order valence-corrected chi connectivity index (χ4v) is 4.19. The Balaban J connectivity index is 0.00000420. The van der Waals surface area contributed by atoms with Gasteiger partial charge < -0.3 is 15.5 Å². The first-order valence-electron chi connectivity index (χ1n) is 10.0. The van der Waals surface area contributed by atoms with Gasteiger partial charge in [-0.05, 0) is 38.1 Å². The molecule has 1 aliphatic rings. The van der Waals surface area contributed by atoms with E-state index in [1.54, 1.807) is 0 Å². The maximum Gasteiger partial charge on any atom is 0.434 e. The zero-order chi connectivity index (χ0) is 20.6. The maximum atomic E-state index is 12.6. The Kier molecular flexibility index (Phi) is 11.8. The summed E-state index contributed by atoms with van der Waals surface area (Å²) in [5.74, 6) is 1.94. The Morgan fingerprint density at radius 3 is 2.76 bits per heavy atom. The van der Waals surface area contributed by atoms with Gasteiger partial charge in [-0.2, -0.15) is 13.2 Å². The van der Waals surface area contributed by atoms with Crippen molar-refractivity contribution in [1.29, 1.82) is 0 Å². The number of thiazole rings is 1. The van der Waals surface area contributed by atoms with E-state index >= 15 is 0 Å². The fraction of sp³-hybridized carbons (Fsp3) is 0.789. The van der Waals surface area contributed by atoms with E-state index in [1.165, 1.54) is 19.4 Å². The van der Waals surface area contributed by atoms with Crippen LogP contribution in [0.1, 0.15) is 44.3 Å². The first-order chi connectivity index (χ1) is 13.3. The third-order valence-corrected chi connectivity index (χ3v) is 5.46. The quantitative estimate of drug-likeness (QED) is 0.291. The molecule has 1 aliphatic heterocycles. The molecule has 1 unspecified atom stereocenters. The van der Waals surface area contributed by atoms with Gasteiger partial charge in [0.25, 0.3) is 0 Å². The fourth-order valence-electron chi connectivity index (χ4n) is 3.39. The summed E-state index contributed by atoms with van der Waals surface area (Å²) >= 11 is 1.05. The van der Waals surface area contributed by atoms with Gasteiger partial charge in [0.2, 0.25) is 0 Å². The van der Waals surface area contributed by atoms with Crippen molar-refractivity contribution in [3.63, 3.8) is 0 Å². The number of guanidine groups is 1. The summed E-state index contributed by atoms with van der Waals surface area (Å²) in [6.07, 6.45) is -1.53. The molecule has 10 heteroatoms. The van der Waals surface area contributed by atoms with Crippen molar-refractivity contribution < 1.29 is 13.2 Å². The van der Waals surface area contributed by atoms with E-state index in [4.69, 9.17) is 4.99 Å². The van der Waals surface area contributed by atoms with E-state index in [-0.39, 0.29) is 24.0 Å². The predicted molar refractivity (Wildman–Crippen MR) is 124 cm³/mol. The molecule has 1 fully saturated rings. The lowest BCUT2D eigenvalue weighted by Gasteiger charge is -2.33. The summed E-state index contributed by atoms with van der Waals surface area (Å²) in [7, 11) is 0. The number of aliphatic imine (C=N–C) groups is 1. The highest BCUT2D eigenvalue weighted by molar-refractivity contribution is 14.0. The van der Waals surface area contributed by atoms with Crippen molar-refractivity contribution in [1.82, 2.24) is 20.5 Å². The van der Waals surface area contributed by atoms with E-state index in [0.29, 0.717) is 29.8 Å². The van der Waals surface area contributed by atoms with Crippen molar-refractivity contribution in [2.24, 2.45) is 16.8 Å². The predicted octanol–water partition coefficient (Wildman–Crippen LogP) is 4.25. The monoisotopic (exact) mass is 547 g/mol. The molecule has 0 radical (unpaired) electrons. The van der Waals surface area contributed by atoms with Gasteiger partial charge >= 0.3 is 6.18 Å². The summed E-state index contributed by atoms with van der Waals surface area (Å²) in [5, 5.41) is 7.97. The summed E-state index contributed by atoms with van der Waals surface area (Å²) < 4.78 is 37.9. The largest absolute Gasteiger partial charge is 0.434 e. The maximum absolute atomic E-state index is 12.6. The third kappa shape index (κ3) is 9.82. The highest BCUT2D eigenvalue weighted by atomic mass is 127. The summed E-state index contributed by atoms with van der Waals surface area (Å²) in [4.78, 5) is 10.9. The molecule has 1 aromatic rings. The number of rotatable bonds is 8. The Morgan fingerprint density at radius 1 is 1.38 bits per heavy atom. The number of hydrogen-bond donors (Lipinski definition) is 2. The molecule has 168 valence electrons. The number of piperidine rings is 1. The van der Waals surface area contributed by atoms with Crippen LogP contribution < -0.4 is 10.6 Å². The molecule has 0 aliphatic carbocycles. The van der Waals surface area contributed by atoms with Crippen molar-refractivity contribution >= 4 is 41.3 Å². The van der Waals surface area contributed by atoms with Gasteiger partial charge in [-0.25, -0.2) is 4.98 Å². The second-order valence-electron chi connectivity index (χ2n) is 7.68. The Bertz CT molecular complexity index is 621. The topological polar surface area (TPSA) is 52.6 Å². The van der Waals surface area contributed by atoms with E-state index < -0.39 is 11.9 Å². The minimum Gasteiger partial charge on any atom is -0.357 e. The lowest BCUT2D eigenvalue weighted by atomic mass is 9.97. The zero-order valence-electron chi connectivity index (χ0n) is 17.4. The number of aromatic nitrogens is 1. The Labute approximate surface area is 193 Å². The standard InChI is InChI=1S/C19H32F3N5S.HI/c1-4-23-18(24-8-7-17-26-16(13-28-17)19(20,21)22)25-10-15-6-5-9-27(12-15)11-14(2)3;/h13-15H,4-12H2,1-3H3,(H2,23,24,25);1H. The molecule has 0 bridgehead atoms. The van der Waals surface area contributed by atoms with Gasteiger partial charge in [0, 0.05) is 44.5 Å². The van der Waals surface area contributed by atoms with Crippen LogP contribution in [-0.4, -0.2) is 55.1 Å². The second-order valence-corrected chi connectivity index (χ2v) is 8.62. The smallest absolute Gasteiger partial charge is 0.357 e. The second kappa shape index (κ2) is 12.9. The van der Waals surface area contributed by atoms with Crippen LogP contribution in [0, 0.1) is 11.8 Å². The lowest BCUT2D eigenvalue weighted by molar-refractivity contribution is -0.140. The van der Waals surface area contributed by atoms with Crippen molar-refractivity contribution in [3.05, 3.63) is 16.1 Å². The first kappa shape index (κ1) is 26.4. The minimum atomic E-state index is -4.37. The number of halogens is 4. The van der Waals surface area contributed by atoms with Gasteiger partial charge in [-0.15, -0.1) is 35.3 Å². The van der Waals surface area contributed by atoms with Gasteiger partial charge in [0.1, 0.15) is 0 Å². The molecule has 0 spiro atoms. The first-order valence-corrected chi connectivity index (χ1v) is 10.9. The lowest BCUT2D eigenvalue weighted by Crippen LogP contribution is -2.41. The van der Waals surface area contributed by atoms with Gasteiger partial charge in [0.15, 0.2) is 11.7 Å². The average molecular weight is 547 g/mol. The minimum absolute atomic E-state index is 0. The molecule has 1 aromatic heterocycles. The number of alkyl halides is 3. The van der Waals surface area contributed by atoms with Gasteiger partial charge in [-0.3, -0.25) is 4.99 Å². The molecule has 2 N–H and O–H groups in total. The molecule has 0 aromatic carbocycles. The van der Waals surface area contributed by atoms with Gasteiger partial charge in [0.05, 0.1) is 5.01 Å². The van der Waals surface area contributed by atoms with Crippen LogP contribution in [0.5, 0.6) is 0 Å². The molecule has 29 heavy (non-hydrogen) atoms. The van der Waals surface area contributed by atoms with E-state index in [0.717, 1.165) is 48.9 Å². The molecule has 2 rings (SSSR count). The molecular weight excluding hydrogens is 514 g/mol. The van der Waals surface area contributed by atoms with Crippen LogP contribution in [0.2, 0.25) is 0 Å². The van der Waals surface area contributed by atoms with E-state index in [2.05, 4.69) is 34.4 Å². The van der Waals surface area contributed by atoms with Crippen LogP contribution in [-0.2, 0) is 12.6 Å². The Morgan fingerprint density at radius 2 is 2.14 bits per heavy atom. The number of nitrogens with one attached hydrogen (secondary N) is 2. The van der Waals surface area contributed by atoms with Gasteiger partial charge in [-0.1, -0.05) is 13.8 Å². The summed E-state index contributed by atoms with van der Waals surface area (Å²) in [6.45, 7) is 11.9. The molecule has 0 saturated carbocycles. The van der Waals surface area contributed by atoms with Crippen LogP contribution in [0.4, 0.5) is 13.2 Å². The van der Waals surface area contributed by atoms with Crippen molar-refractivity contribution in [2.45, 2.75) is 46.2 Å². The van der Waals surface area contributed by atoms with E-state index in [9.17, 15) is 13.2 Å². The van der Waals surface area contributed by atoms with Crippen molar-refractivity contribution in [2.75, 3.05) is 39.3 Å². The highest BCUT2D eigenvalue weighted by Gasteiger charge is 2.33. The number of nitrogens with zero attached hydrogens (tertiary/aromatic N) is 3. The highest BCUT2D eigenvalue weighted by Crippen LogP contribution is 2.30. The average Bonchev–Trinajstić information content (AvgIpc) is 3.09. The number of likely N-dealkylation sites (tertiary alicyclic amines) is 1. The third-order valence-electron chi connectivity index (χ3n) is 4.55. The molecular formula is C19H33F3IN5S. The molecule has 0 amide bonds. The molecule has 1 saturated heterocycles. The Hall–Kier alpha value is -0.620. The van der Waals surface area contributed by atoms with Crippen molar-refractivity contribution in [3.8, 4) is 0 Å². The van der Waals surface area contributed by atoms with Crippen LogP contribution in [0.25, 0.3) is 0 Å². The number of hydrogen-bond acceptors (Lipinski definition) is 4. The zero-order valence-corrected chi connectivity index (χ0v) is 20.5. The van der Waals surface area contributed by atoms with E-state index in [1.807, 2.05) is 6.92 Å². The summed E-state index contributed by atoms with van der Waals surface area (Å²) in [6, 6.07) is 0. The molecule has 5 nitrogen and oxygen atoms in total.